The Morgan fingerprint density at radius 3 is 2.29 bits per heavy atom. The van der Waals surface area contributed by atoms with Crippen LogP contribution in [0, 0.1) is 27.7 Å². The van der Waals surface area contributed by atoms with Crippen LogP contribution in [0.3, 0.4) is 0 Å². The number of esters is 1. The van der Waals surface area contributed by atoms with Crippen LogP contribution in [-0.4, -0.2) is 32.7 Å². The van der Waals surface area contributed by atoms with E-state index >= 15 is 0 Å². The smallest absolute Gasteiger partial charge is 0.328 e. The van der Waals surface area contributed by atoms with Gasteiger partial charge in [0.2, 0.25) is 5.78 Å². The lowest BCUT2D eigenvalue weighted by molar-refractivity contribution is -0.143. The van der Waals surface area contributed by atoms with Gasteiger partial charge in [0.1, 0.15) is 6.54 Å². The predicted molar refractivity (Wildman–Crippen MR) is 91.3 cm³/mol. The number of nitrogens with zero attached hydrogens (tertiary/aromatic N) is 3. The lowest BCUT2D eigenvalue weighted by Gasteiger charge is -2.13. The first-order chi connectivity index (χ1) is 11.2. The first-order valence-corrected chi connectivity index (χ1v) is 8.09. The Morgan fingerprint density at radius 1 is 1.12 bits per heavy atom. The van der Waals surface area contributed by atoms with Crippen LogP contribution in [0.2, 0.25) is 0 Å². The average Bonchev–Trinajstić information content (AvgIpc) is 2.95. The molecular formula is C18H25N3O3. The topological polar surface area (TPSA) is 66.1 Å². The van der Waals surface area contributed by atoms with E-state index in [1.807, 2.05) is 39.8 Å². The quantitative estimate of drug-likeness (QED) is 0.603. The minimum absolute atomic E-state index is 0.0119. The van der Waals surface area contributed by atoms with E-state index in [0.717, 1.165) is 22.8 Å². The number of carbonyl (C=O) groups excluding carboxylic acids is 2. The SMILES string of the molecule is Cc1cc(C)n(CC(=O)OCC(=O)c2cc(C)n(C(C)C)c2C)n1. The molecule has 0 aliphatic heterocycles. The molecule has 2 rings (SSSR count). The first kappa shape index (κ1) is 18.0. The maximum Gasteiger partial charge on any atom is 0.328 e. The first-order valence-electron chi connectivity index (χ1n) is 8.09. The minimum atomic E-state index is -0.466. The van der Waals surface area contributed by atoms with Crippen molar-refractivity contribution in [3.8, 4) is 0 Å². The highest BCUT2D eigenvalue weighted by Crippen LogP contribution is 2.20. The van der Waals surface area contributed by atoms with E-state index in [2.05, 4.69) is 23.5 Å². The highest BCUT2D eigenvalue weighted by atomic mass is 16.5. The highest BCUT2D eigenvalue weighted by Gasteiger charge is 2.18. The molecule has 2 aromatic rings. The van der Waals surface area contributed by atoms with Gasteiger partial charge in [0.25, 0.3) is 0 Å². The van der Waals surface area contributed by atoms with Gasteiger partial charge in [0.15, 0.2) is 6.61 Å². The van der Waals surface area contributed by atoms with Crippen molar-refractivity contribution in [3.63, 3.8) is 0 Å². The molecule has 0 saturated carbocycles. The second-order valence-electron chi connectivity index (χ2n) is 6.42. The van der Waals surface area contributed by atoms with Gasteiger partial charge >= 0.3 is 5.97 Å². The van der Waals surface area contributed by atoms with Gasteiger partial charge in [-0.2, -0.15) is 5.10 Å². The maximum absolute atomic E-state index is 12.4. The van der Waals surface area contributed by atoms with Crippen LogP contribution < -0.4 is 0 Å². The van der Waals surface area contributed by atoms with Crippen LogP contribution >= 0.6 is 0 Å². The van der Waals surface area contributed by atoms with E-state index < -0.39 is 5.97 Å². The summed E-state index contributed by atoms with van der Waals surface area (Å²) in [7, 11) is 0. The van der Waals surface area contributed by atoms with Crippen molar-refractivity contribution in [2.45, 2.75) is 54.1 Å². The number of aryl methyl sites for hydroxylation is 3. The van der Waals surface area contributed by atoms with Gasteiger partial charge in [-0.1, -0.05) is 0 Å². The summed E-state index contributed by atoms with van der Waals surface area (Å²) in [5, 5.41) is 4.21. The third-order valence-corrected chi connectivity index (χ3v) is 4.05. The van der Waals surface area contributed by atoms with Crippen LogP contribution in [0.1, 0.15) is 53.0 Å². The number of Topliss-reactive ketones (excluding diaryl/α,β-unsaturated/α-hetero) is 1. The third kappa shape index (κ3) is 3.75. The van der Waals surface area contributed by atoms with E-state index in [4.69, 9.17) is 4.74 Å². The molecule has 130 valence electrons. The molecule has 0 aromatic carbocycles. The summed E-state index contributed by atoms with van der Waals surface area (Å²) < 4.78 is 8.81. The molecule has 0 unspecified atom stereocenters. The summed E-state index contributed by atoms with van der Waals surface area (Å²) in [6, 6.07) is 4.02. The summed E-state index contributed by atoms with van der Waals surface area (Å²) in [6.07, 6.45) is 0. The number of ether oxygens (including phenoxy) is 1. The van der Waals surface area contributed by atoms with Crippen molar-refractivity contribution in [2.24, 2.45) is 0 Å². The standard InChI is InChI=1S/C18H25N3O3/c1-11(2)21-14(5)8-16(15(21)6)17(22)10-24-18(23)9-20-13(4)7-12(3)19-20/h7-8,11H,9-10H2,1-6H3. The number of carbonyl (C=O) groups is 2. The molecule has 0 N–H and O–H groups in total. The van der Waals surface area contributed by atoms with Crippen molar-refractivity contribution in [2.75, 3.05) is 6.61 Å². The Kier molecular flexibility index (Phi) is 5.26. The Labute approximate surface area is 142 Å². The summed E-state index contributed by atoms with van der Waals surface area (Å²) in [5.41, 5.74) is 4.27. The van der Waals surface area contributed by atoms with E-state index in [0.29, 0.717) is 5.56 Å². The van der Waals surface area contributed by atoms with Crippen molar-refractivity contribution in [1.29, 1.82) is 0 Å². The van der Waals surface area contributed by atoms with Gasteiger partial charge in [0.05, 0.1) is 5.69 Å². The molecule has 6 heteroatoms. The molecule has 6 nitrogen and oxygen atoms in total. The fraction of sp³-hybridized carbons (Fsp3) is 0.500. The Bertz CT molecular complexity index is 769. The van der Waals surface area contributed by atoms with Crippen LogP contribution in [-0.2, 0) is 16.1 Å². The number of hydrogen-bond donors (Lipinski definition) is 0. The molecule has 0 atom stereocenters. The van der Waals surface area contributed by atoms with Crippen LogP contribution in [0.15, 0.2) is 12.1 Å². The molecule has 2 heterocycles. The molecule has 2 aromatic heterocycles. The Hall–Kier alpha value is -2.37. The third-order valence-electron chi connectivity index (χ3n) is 4.05. The molecule has 24 heavy (non-hydrogen) atoms. The van der Waals surface area contributed by atoms with Crippen LogP contribution in [0.5, 0.6) is 0 Å². The number of rotatable bonds is 6. The van der Waals surface area contributed by atoms with Gasteiger partial charge in [-0.25, -0.2) is 0 Å². The van der Waals surface area contributed by atoms with Gasteiger partial charge < -0.3 is 9.30 Å². The van der Waals surface area contributed by atoms with E-state index in [1.165, 1.54) is 0 Å². The lowest BCUT2D eigenvalue weighted by atomic mass is 10.1. The monoisotopic (exact) mass is 331 g/mol. The predicted octanol–water partition coefficient (Wildman–Crippen LogP) is 2.93. The van der Waals surface area contributed by atoms with Crippen molar-refractivity contribution >= 4 is 11.8 Å². The van der Waals surface area contributed by atoms with Crippen molar-refractivity contribution in [1.82, 2.24) is 14.3 Å². The molecular weight excluding hydrogens is 306 g/mol. The second-order valence-corrected chi connectivity index (χ2v) is 6.42. The highest BCUT2D eigenvalue weighted by molar-refractivity contribution is 5.99. The Balaban J connectivity index is 1.99. The lowest BCUT2D eigenvalue weighted by Crippen LogP contribution is -2.20. The molecule has 0 bridgehead atoms. The molecule has 0 amide bonds. The van der Waals surface area contributed by atoms with E-state index in [-0.39, 0.29) is 25.0 Å². The summed E-state index contributed by atoms with van der Waals surface area (Å²) in [4.78, 5) is 24.3. The van der Waals surface area contributed by atoms with Gasteiger partial charge in [-0.3, -0.25) is 14.3 Å². The summed E-state index contributed by atoms with van der Waals surface area (Å²) in [6.45, 7) is 11.5. The Morgan fingerprint density at radius 2 is 1.79 bits per heavy atom. The van der Waals surface area contributed by atoms with Crippen molar-refractivity contribution < 1.29 is 14.3 Å². The van der Waals surface area contributed by atoms with Crippen LogP contribution in [0.4, 0.5) is 0 Å². The molecule has 0 saturated heterocycles. The largest absolute Gasteiger partial charge is 0.456 e. The number of hydrogen-bond acceptors (Lipinski definition) is 4. The average molecular weight is 331 g/mol. The fourth-order valence-electron chi connectivity index (χ4n) is 3.08. The molecule has 0 fully saturated rings. The number of aromatic nitrogens is 3. The summed E-state index contributed by atoms with van der Waals surface area (Å²) >= 11 is 0. The van der Waals surface area contributed by atoms with Crippen molar-refractivity contribution in [3.05, 3.63) is 40.5 Å². The van der Waals surface area contributed by atoms with Gasteiger partial charge in [-0.05, 0) is 53.7 Å². The summed E-state index contributed by atoms with van der Waals surface area (Å²) in [5.74, 6) is -0.649. The number of ketones is 1. The van der Waals surface area contributed by atoms with Crippen LogP contribution in [0.25, 0.3) is 0 Å². The van der Waals surface area contributed by atoms with E-state index in [1.54, 1.807) is 4.68 Å². The van der Waals surface area contributed by atoms with E-state index in [9.17, 15) is 9.59 Å². The second kappa shape index (κ2) is 7.03. The zero-order chi connectivity index (χ0) is 18.0. The minimum Gasteiger partial charge on any atom is -0.456 e. The molecule has 0 aliphatic carbocycles. The maximum atomic E-state index is 12.4. The normalized spacial score (nSPS) is 11.1. The zero-order valence-electron chi connectivity index (χ0n) is 15.2. The van der Waals surface area contributed by atoms with Gasteiger partial charge in [0, 0.05) is 28.7 Å². The molecule has 0 radical (unpaired) electrons. The fourth-order valence-corrected chi connectivity index (χ4v) is 3.08. The molecule has 0 aliphatic rings. The van der Waals surface area contributed by atoms with Gasteiger partial charge in [-0.15, -0.1) is 0 Å². The zero-order valence-corrected chi connectivity index (χ0v) is 15.2. The molecule has 0 spiro atoms.